The minimum atomic E-state index is -0.878. The standard InChI is InChI=1S/C17H14ClFN4O4S2/c1-4-27-14(24)12-7-20-13(29-12)8-5-11(10(19)6-9(8)18)23-15(25)21(2)17(28)22(3)16(23)26/h5-7H,4H2,1-3H3. The summed E-state index contributed by atoms with van der Waals surface area (Å²) in [6.07, 6.45) is 1.31. The van der Waals surface area contributed by atoms with Gasteiger partial charge in [0, 0.05) is 19.7 Å². The van der Waals surface area contributed by atoms with E-state index in [0.717, 1.165) is 26.5 Å². The molecule has 152 valence electrons. The molecule has 0 aliphatic carbocycles. The third kappa shape index (κ3) is 3.68. The van der Waals surface area contributed by atoms with E-state index in [4.69, 9.17) is 28.6 Å². The van der Waals surface area contributed by atoms with E-state index >= 15 is 0 Å². The van der Waals surface area contributed by atoms with E-state index in [-0.39, 0.29) is 32.5 Å². The molecule has 0 atom stereocenters. The number of benzene rings is 1. The van der Waals surface area contributed by atoms with Crippen molar-refractivity contribution in [3.63, 3.8) is 0 Å². The van der Waals surface area contributed by atoms with Gasteiger partial charge in [-0.05, 0) is 31.3 Å². The van der Waals surface area contributed by atoms with Crippen LogP contribution in [0.3, 0.4) is 0 Å². The number of thiazole rings is 1. The van der Waals surface area contributed by atoms with Crippen molar-refractivity contribution in [2.75, 3.05) is 6.61 Å². The molecule has 0 saturated heterocycles. The summed E-state index contributed by atoms with van der Waals surface area (Å²) in [6.45, 7) is 1.88. The van der Waals surface area contributed by atoms with Gasteiger partial charge in [0.25, 0.3) is 0 Å². The maximum atomic E-state index is 14.7. The van der Waals surface area contributed by atoms with Crippen LogP contribution in [0.2, 0.25) is 5.02 Å². The van der Waals surface area contributed by atoms with Gasteiger partial charge in [-0.25, -0.2) is 28.3 Å². The van der Waals surface area contributed by atoms with Crippen LogP contribution in [0, 0.1) is 10.6 Å². The molecule has 3 aromatic rings. The zero-order valence-electron chi connectivity index (χ0n) is 15.4. The first-order chi connectivity index (χ1) is 13.7. The molecule has 12 heteroatoms. The molecule has 0 radical (unpaired) electrons. The third-order valence-electron chi connectivity index (χ3n) is 4.02. The molecule has 2 aromatic heterocycles. The predicted molar refractivity (Wildman–Crippen MR) is 109 cm³/mol. The van der Waals surface area contributed by atoms with Gasteiger partial charge in [-0.15, -0.1) is 11.3 Å². The first-order valence-corrected chi connectivity index (χ1v) is 9.79. The summed E-state index contributed by atoms with van der Waals surface area (Å²) in [7, 11) is 2.75. The van der Waals surface area contributed by atoms with Crippen molar-refractivity contribution in [3.8, 4) is 16.3 Å². The van der Waals surface area contributed by atoms with Gasteiger partial charge in [-0.2, -0.15) is 0 Å². The lowest BCUT2D eigenvalue weighted by Gasteiger charge is -2.12. The Hall–Kier alpha value is -2.63. The van der Waals surface area contributed by atoms with E-state index in [0.29, 0.717) is 9.57 Å². The molecule has 8 nitrogen and oxygen atoms in total. The van der Waals surface area contributed by atoms with Crippen molar-refractivity contribution in [3.05, 3.63) is 59.8 Å². The minimum Gasteiger partial charge on any atom is -0.462 e. The van der Waals surface area contributed by atoms with Crippen LogP contribution in [0.4, 0.5) is 4.39 Å². The van der Waals surface area contributed by atoms with E-state index in [1.54, 1.807) is 6.92 Å². The molecule has 0 aliphatic heterocycles. The van der Waals surface area contributed by atoms with Crippen LogP contribution in [0.15, 0.2) is 27.9 Å². The summed E-state index contributed by atoms with van der Waals surface area (Å²) in [6, 6.07) is 2.21. The number of carbonyl (C=O) groups is 1. The van der Waals surface area contributed by atoms with Crippen LogP contribution in [-0.2, 0) is 18.8 Å². The van der Waals surface area contributed by atoms with Crippen LogP contribution < -0.4 is 11.4 Å². The third-order valence-corrected chi connectivity index (χ3v) is 5.89. The number of halogens is 2. The number of nitrogens with zero attached hydrogens (tertiary/aromatic N) is 4. The molecule has 3 rings (SSSR count). The van der Waals surface area contributed by atoms with Crippen molar-refractivity contribution >= 4 is 41.1 Å². The Kier molecular flexibility index (Phi) is 5.82. The highest BCUT2D eigenvalue weighted by molar-refractivity contribution is 7.71. The maximum absolute atomic E-state index is 14.7. The maximum Gasteiger partial charge on any atom is 0.349 e. The van der Waals surface area contributed by atoms with Crippen molar-refractivity contribution in [2.24, 2.45) is 14.1 Å². The van der Waals surface area contributed by atoms with E-state index in [1.165, 1.54) is 26.4 Å². The summed E-state index contributed by atoms with van der Waals surface area (Å²) in [5.74, 6) is -1.43. The first kappa shape index (κ1) is 21.1. The summed E-state index contributed by atoms with van der Waals surface area (Å²) in [4.78, 5) is 41.4. The number of rotatable bonds is 4. The summed E-state index contributed by atoms with van der Waals surface area (Å²) >= 11 is 12.2. The highest BCUT2D eigenvalue weighted by atomic mass is 35.5. The Bertz CT molecular complexity index is 1270. The second-order valence-corrected chi connectivity index (χ2v) is 7.64. The number of hydrogen-bond acceptors (Lipinski definition) is 7. The molecule has 0 aliphatic rings. The van der Waals surface area contributed by atoms with Crippen molar-refractivity contribution in [1.82, 2.24) is 18.7 Å². The number of esters is 1. The normalized spacial score (nSPS) is 10.9. The molecule has 0 N–H and O–H groups in total. The highest BCUT2D eigenvalue weighted by Gasteiger charge is 2.20. The Morgan fingerprint density at radius 1 is 1.28 bits per heavy atom. The van der Waals surface area contributed by atoms with Gasteiger partial charge >= 0.3 is 17.3 Å². The van der Waals surface area contributed by atoms with Crippen LogP contribution in [0.5, 0.6) is 0 Å². The van der Waals surface area contributed by atoms with Gasteiger partial charge < -0.3 is 4.74 Å². The first-order valence-electron chi connectivity index (χ1n) is 8.19. The Labute approximate surface area is 177 Å². The molecule has 1 aromatic carbocycles. The van der Waals surface area contributed by atoms with E-state index in [2.05, 4.69) is 4.98 Å². The Morgan fingerprint density at radius 2 is 1.90 bits per heavy atom. The van der Waals surface area contributed by atoms with Crippen LogP contribution >= 0.6 is 35.2 Å². The summed E-state index contributed by atoms with van der Waals surface area (Å²) in [5, 5.41) is 0.304. The Morgan fingerprint density at radius 3 is 2.48 bits per heavy atom. The van der Waals surface area contributed by atoms with E-state index < -0.39 is 23.2 Å². The second-order valence-electron chi connectivity index (χ2n) is 5.83. The number of ether oxygens (including phenoxy) is 1. The topological polar surface area (TPSA) is 88.1 Å². The molecule has 0 bridgehead atoms. The van der Waals surface area contributed by atoms with Crippen molar-refractivity contribution < 1.29 is 13.9 Å². The smallest absolute Gasteiger partial charge is 0.349 e. The number of hydrogen-bond donors (Lipinski definition) is 0. The lowest BCUT2D eigenvalue weighted by atomic mass is 10.2. The fourth-order valence-electron chi connectivity index (χ4n) is 2.54. The Balaban J connectivity index is 2.24. The fourth-order valence-corrected chi connectivity index (χ4v) is 3.84. The molecule has 0 spiro atoms. The molecule has 0 saturated carbocycles. The average molecular weight is 457 g/mol. The lowest BCUT2D eigenvalue weighted by Crippen LogP contribution is -2.43. The predicted octanol–water partition coefficient (Wildman–Crippen LogP) is 2.70. The van der Waals surface area contributed by atoms with Gasteiger partial charge in [0.2, 0.25) is 0 Å². The molecule has 2 heterocycles. The number of carbonyl (C=O) groups excluding carboxylic acids is 1. The quantitative estimate of drug-likeness (QED) is 0.443. The van der Waals surface area contributed by atoms with Crippen LogP contribution in [0.1, 0.15) is 16.6 Å². The molecule has 0 unspecified atom stereocenters. The molecule has 29 heavy (non-hydrogen) atoms. The second kappa shape index (κ2) is 8.01. The zero-order valence-corrected chi connectivity index (χ0v) is 17.8. The van der Waals surface area contributed by atoms with Gasteiger partial charge in [0.15, 0.2) is 4.77 Å². The monoisotopic (exact) mass is 456 g/mol. The van der Waals surface area contributed by atoms with Crippen LogP contribution in [0.25, 0.3) is 16.3 Å². The van der Waals surface area contributed by atoms with Crippen molar-refractivity contribution in [2.45, 2.75) is 6.92 Å². The van der Waals surface area contributed by atoms with E-state index in [1.807, 2.05) is 0 Å². The average Bonchev–Trinajstić information content (AvgIpc) is 3.16. The summed E-state index contributed by atoms with van der Waals surface area (Å²) < 4.78 is 22.3. The van der Waals surface area contributed by atoms with Crippen LogP contribution in [-0.4, -0.2) is 31.3 Å². The minimum absolute atomic E-state index is 0.00477. The lowest BCUT2D eigenvalue weighted by molar-refractivity contribution is 0.0532. The number of aromatic nitrogens is 4. The van der Waals surface area contributed by atoms with E-state index in [9.17, 15) is 18.8 Å². The molecular formula is C17H14ClFN4O4S2. The molecular weight excluding hydrogens is 443 g/mol. The van der Waals surface area contributed by atoms with Gasteiger partial charge in [-0.1, -0.05) is 11.6 Å². The molecule has 0 amide bonds. The zero-order chi connectivity index (χ0) is 21.5. The van der Waals surface area contributed by atoms with Gasteiger partial charge in [-0.3, -0.25) is 9.13 Å². The van der Waals surface area contributed by atoms with Crippen molar-refractivity contribution in [1.29, 1.82) is 0 Å². The fraction of sp³-hybridized carbons (Fsp3) is 0.235. The SMILES string of the molecule is CCOC(=O)c1cnc(-c2cc(-n3c(=O)n(C)c(=S)n(C)c3=O)c(F)cc2Cl)s1. The largest absolute Gasteiger partial charge is 0.462 e. The van der Waals surface area contributed by atoms with Gasteiger partial charge in [0.1, 0.15) is 15.7 Å². The highest BCUT2D eigenvalue weighted by Crippen LogP contribution is 2.34. The van der Waals surface area contributed by atoms with Gasteiger partial charge in [0.05, 0.1) is 23.5 Å². The molecule has 0 fully saturated rings. The summed E-state index contributed by atoms with van der Waals surface area (Å²) in [5.41, 5.74) is -1.68.